The number of aromatic nitrogens is 1. The van der Waals surface area contributed by atoms with Crippen LogP contribution in [0.3, 0.4) is 0 Å². The number of hydrogen-bond acceptors (Lipinski definition) is 2. The smallest absolute Gasteiger partial charge is 0.192 e. The molecule has 0 atom stereocenters. The molecule has 0 aliphatic carbocycles. The molecule has 0 radical (unpaired) electrons. The highest BCUT2D eigenvalue weighted by molar-refractivity contribution is 9.10. The van der Waals surface area contributed by atoms with E-state index in [2.05, 4.69) is 20.9 Å². The van der Waals surface area contributed by atoms with Crippen LogP contribution < -0.4 is 0 Å². The molecule has 1 aromatic heterocycles. The number of hydrogen-bond donors (Lipinski definition) is 0. The van der Waals surface area contributed by atoms with Crippen LogP contribution in [0.15, 0.2) is 15.0 Å². The zero-order chi connectivity index (χ0) is 9.59. The second kappa shape index (κ2) is 3.15. The predicted molar refractivity (Wildman–Crippen MR) is 56.5 cm³/mol. The summed E-state index contributed by atoms with van der Waals surface area (Å²) in [5.74, 6) is 0.575. The molecule has 68 valence electrons. The normalized spacial score (nSPS) is 11.1. The van der Waals surface area contributed by atoms with Crippen LogP contribution in [0.4, 0.5) is 0 Å². The molecular formula is C8H4BrCl2NO. The Morgan fingerprint density at radius 2 is 2.15 bits per heavy atom. The molecule has 0 spiro atoms. The highest BCUT2D eigenvalue weighted by Gasteiger charge is 2.12. The molecule has 0 bridgehead atoms. The summed E-state index contributed by atoms with van der Waals surface area (Å²) in [6.07, 6.45) is 0. The van der Waals surface area contributed by atoms with Crippen LogP contribution in [0.5, 0.6) is 0 Å². The summed E-state index contributed by atoms with van der Waals surface area (Å²) in [4.78, 5) is 4.13. The van der Waals surface area contributed by atoms with Crippen molar-refractivity contribution in [3.63, 3.8) is 0 Å². The van der Waals surface area contributed by atoms with E-state index in [0.717, 1.165) is 0 Å². The van der Waals surface area contributed by atoms with Gasteiger partial charge in [0.2, 0.25) is 0 Å². The van der Waals surface area contributed by atoms with Gasteiger partial charge in [-0.1, -0.05) is 23.2 Å². The zero-order valence-electron chi connectivity index (χ0n) is 6.57. The van der Waals surface area contributed by atoms with Gasteiger partial charge >= 0.3 is 0 Å². The largest absolute Gasteiger partial charge is 0.441 e. The summed E-state index contributed by atoms with van der Waals surface area (Å²) >= 11 is 15.1. The van der Waals surface area contributed by atoms with Crippen molar-refractivity contribution in [1.29, 1.82) is 0 Å². The van der Waals surface area contributed by atoms with Gasteiger partial charge in [-0.05, 0) is 15.9 Å². The second-order valence-corrected chi connectivity index (χ2v) is 4.14. The first-order chi connectivity index (χ1) is 6.09. The summed E-state index contributed by atoms with van der Waals surface area (Å²) in [5, 5.41) is 1.01. The highest BCUT2D eigenvalue weighted by atomic mass is 79.9. The Hall–Kier alpha value is -0.250. The molecule has 13 heavy (non-hydrogen) atoms. The summed E-state index contributed by atoms with van der Waals surface area (Å²) in [5.41, 5.74) is 1.24. The van der Waals surface area contributed by atoms with Gasteiger partial charge in [-0.3, -0.25) is 0 Å². The van der Waals surface area contributed by atoms with Crippen LogP contribution in [0.1, 0.15) is 5.89 Å². The lowest BCUT2D eigenvalue weighted by Crippen LogP contribution is -1.75. The Kier molecular flexibility index (Phi) is 2.26. The maximum Gasteiger partial charge on any atom is 0.192 e. The van der Waals surface area contributed by atoms with Gasteiger partial charge in [0.05, 0.1) is 14.5 Å². The third kappa shape index (κ3) is 1.45. The van der Waals surface area contributed by atoms with E-state index in [-0.39, 0.29) is 0 Å². The molecule has 2 nitrogen and oxygen atoms in total. The molecular weight excluding hydrogens is 277 g/mol. The highest BCUT2D eigenvalue weighted by Crippen LogP contribution is 2.36. The molecule has 0 N–H and O–H groups in total. The predicted octanol–water partition coefficient (Wildman–Crippen LogP) is 4.21. The van der Waals surface area contributed by atoms with Crippen molar-refractivity contribution in [2.75, 3.05) is 0 Å². The Morgan fingerprint density at radius 3 is 2.85 bits per heavy atom. The molecule has 1 heterocycles. The molecule has 5 heteroatoms. The van der Waals surface area contributed by atoms with E-state index in [1.54, 1.807) is 13.0 Å². The van der Waals surface area contributed by atoms with Crippen molar-refractivity contribution in [2.45, 2.75) is 6.92 Å². The molecule has 0 fully saturated rings. The van der Waals surface area contributed by atoms with Gasteiger partial charge in [0.15, 0.2) is 11.5 Å². The van der Waals surface area contributed by atoms with Gasteiger partial charge in [-0.15, -0.1) is 0 Å². The van der Waals surface area contributed by atoms with E-state index in [1.807, 2.05) is 0 Å². The van der Waals surface area contributed by atoms with E-state index in [9.17, 15) is 0 Å². The Bertz CT molecular complexity index is 480. The van der Waals surface area contributed by atoms with Crippen LogP contribution >= 0.6 is 39.1 Å². The number of aryl methyl sites for hydroxylation is 1. The quantitative estimate of drug-likeness (QED) is 0.676. The Balaban J connectivity index is 2.92. The maximum absolute atomic E-state index is 5.99. The lowest BCUT2D eigenvalue weighted by atomic mass is 10.3. The number of fused-ring (bicyclic) bond motifs is 1. The van der Waals surface area contributed by atoms with Gasteiger partial charge in [0.1, 0.15) is 5.52 Å². The van der Waals surface area contributed by atoms with Crippen molar-refractivity contribution in [2.24, 2.45) is 0 Å². The first-order valence-electron chi connectivity index (χ1n) is 3.50. The van der Waals surface area contributed by atoms with Crippen LogP contribution in [0, 0.1) is 6.92 Å². The average molecular weight is 281 g/mol. The van der Waals surface area contributed by atoms with Crippen LogP contribution in [0.25, 0.3) is 11.1 Å². The fourth-order valence-corrected chi connectivity index (χ4v) is 1.87. The monoisotopic (exact) mass is 279 g/mol. The van der Waals surface area contributed by atoms with Crippen LogP contribution in [0.2, 0.25) is 10.0 Å². The molecule has 0 aliphatic heterocycles. The summed E-state index contributed by atoms with van der Waals surface area (Å²) in [7, 11) is 0. The molecule has 0 saturated heterocycles. The van der Waals surface area contributed by atoms with Crippen molar-refractivity contribution < 1.29 is 4.42 Å². The van der Waals surface area contributed by atoms with E-state index in [4.69, 9.17) is 27.6 Å². The Morgan fingerprint density at radius 1 is 1.46 bits per heavy atom. The van der Waals surface area contributed by atoms with Crippen LogP contribution in [-0.4, -0.2) is 4.98 Å². The summed E-state index contributed by atoms with van der Waals surface area (Å²) < 4.78 is 5.93. The Labute approximate surface area is 93.0 Å². The van der Waals surface area contributed by atoms with Gasteiger partial charge in [-0.25, -0.2) is 4.98 Å². The topological polar surface area (TPSA) is 26.0 Å². The van der Waals surface area contributed by atoms with E-state index >= 15 is 0 Å². The number of halogens is 3. The van der Waals surface area contributed by atoms with E-state index in [1.165, 1.54) is 0 Å². The third-order valence-electron chi connectivity index (χ3n) is 1.63. The van der Waals surface area contributed by atoms with Gasteiger partial charge in [0.25, 0.3) is 0 Å². The summed E-state index contributed by atoms with van der Waals surface area (Å²) in [6, 6.07) is 1.69. The van der Waals surface area contributed by atoms with Crippen molar-refractivity contribution in [1.82, 2.24) is 4.98 Å². The van der Waals surface area contributed by atoms with Crippen molar-refractivity contribution in [3.8, 4) is 0 Å². The minimum absolute atomic E-state index is 0.486. The lowest BCUT2D eigenvalue weighted by Gasteiger charge is -1.97. The molecule has 1 aromatic carbocycles. The first kappa shape index (κ1) is 9.31. The first-order valence-corrected chi connectivity index (χ1v) is 5.05. The fraction of sp³-hybridized carbons (Fsp3) is 0.125. The standard InChI is InChI=1S/C8H4BrCl2NO/c1-3-12-8-5(13-3)2-4(10)6(9)7(8)11/h2H,1H3. The van der Waals surface area contributed by atoms with Gasteiger partial charge < -0.3 is 4.42 Å². The third-order valence-corrected chi connectivity index (χ3v) is 3.57. The maximum atomic E-state index is 5.99. The molecule has 0 amide bonds. The number of benzene rings is 1. The minimum Gasteiger partial charge on any atom is -0.441 e. The fourth-order valence-electron chi connectivity index (χ4n) is 1.09. The van der Waals surface area contributed by atoms with Crippen LogP contribution in [-0.2, 0) is 0 Å². The van der Waals surface area contributed by atoms with E-state index < -0.39 is 0 Å². The molecule has 0 saturated carbocycles. The average Bonchev–Trinajstić information content (AvgIpc) is 2.42. The number of oxazole rings is 1. The number of rotatable bonds is 0. The van der Waals surface area contributed by atoms with Crippen molar-refractivity contribution >= 4 is 50.2 Å². The minimum atomic E-state index is 0.486. The number of nitrogens with zero attached hydrogens (tertiary/aromatic N) is 1. The van der Waals surface area contributed by atoms with Crippen molar-refractivity contribution in [3.05, 3.63) is 26.5 Å². The molecule has 2 rings (SSSR count). The molecule has 2 aromatic rings. The second-order valence-electron chi connectivity index (χ2n) is 2.57. The SMILES string of the molecule is Cc1nc2c(Cl)c(Br)c(Cl)cc2o1. The molecule has 0 aliphatic rings. The molecule has 0 unspecified atom stereocenters. The zero-order valence-corrected chi connectivity index (χ0v) is 9.66. The lowest BCUT2D eigenvalue weighted by molar-refractivity contribution is 0.561. The van der Waals surface area contributed by atoms with Gasteiger partial charge in [-0.2, -0.15) is 0 Å². The summed E-state index contributed by atoms with van der Waals surface area (Å²) in [6.45, 7) is 1.76. The van der Waals surface area contributed by atoms with Gasteiger partial charge in [0, 0.05) is 13.0 Å². The van der Waals surface area contributed by atoms with E-state index in [0.29, 0.717) is 31.5 Å².